The first-order chi connectivity index (χ1) is 11.9. The number of carbonyl (C=O) groups excluding carboxylic acids is 1. The molecule has 2 aromatic rings. The minimum Gasteiger partial charge on any atom is -0.457 e. The molecule has 0 radical (unpaired) electrons. The lowest BCUT2D eigenvalue weighted by Crippen LogP contribution is -2.13. The molecular weight excluding hydrogens is 320 g/mol. The summed E-state index contributed by atoms with van der Waals surface area (Å²) in [6.45, 7) is 12.0. The van der Waals surface area contributed by atoms with Crippen LogP contribution in [0.2, 0.25) is 0 Å². The van der Waals surface area contributed by atoms with Gasteiger partial charge in [0.1, 0.15) is 0 Å². The van der Waals surface area contributed by atoms with Crippen molar-refractivity contribution < 1.29 is 9.53 Å². The first kappa shape index (κ1) is 19.1. The summed E-state index contributed by atoms with van der Waals surface area (Å²) in [6, 6.07) is 0. The number of nitrogens with zero attached hydrogens (tertiary/aromatic N) is 6. The highest BCUT2D eigenvalue weighted by molar-refractivity contribution is 5.73. The smallest absolute Gasteiger partial charge is 0.310 e. The van der Waals surface area contributed by atoms with Gasteiger partial charge >= 0.3 is 5.97 Å². The van der Waals surface area contributed by atoms with Crippen LogP contribution in [0.4, 0.5) is 0 Å². The van der Waals surface area contributed by atoms with Gasteiger partial charge in [-0.3, -0.25) is 9.48 Å². The van der Waals surface area contributed by atoms with Gasteiger partial charge in [-0.1, -0.05) is 27.2 Å². The van der Waals surface area contributed by atoms with Gasteiger partial charge in [0.25, 0.3) is 0 Å². The standard InChI is InChI=1S/C17H28N6O2/c1-6-7-8-22-16(18-20-21-22)11-25-17(24)9-15-13(4)19-23(14(15)5)10-12(2)3/h12H,6-11H2,1-5H3. The number of hydrogen-bond donors (Lipinski definition) is 0. The minimum atomic E-state index is -0.291. The molecule has 2 rings (SSSR count). The summed E-state index contributed by atoms with van der Waals surface area (Å²) in [7, 11) is 0. The maximum atomic E-state index is 12.2. The van der Waals surface area contributed by atoms with Gasteiger partial charge in [0.15, 0.2) is 12.4 Å². The van der Waals surface area contributed by atoms with Crippen LogP contribution in [0.3, 0.4) is 0 Å². The molecule has 0 aliphatic rings. The van der Waals surface area contributed by atoms with E-state index in [0.717, 1.165) is 42.9 Å². The quantitative estimate of drug-likeness (QED) is 0.646. The van der Waals surface area contributed by atoms with Crippen LogP contribution in [0.5, 0.6) is 0 Å². The van der Waals surface area contributed by atoms with E-state index >= 15 is 0 Å². The predicted molar refractivity (Wildman–Crippen MR) is 92.8 cm³/mol. The fourth-order valence-electron chi connectivity index (χ4n) is 2.66. The van der Waals surface area contributed by atoms with Gasteiger partial charge in [-0.15, -0.1) is 5.10 Å². The Balaban J connectivity index is 1.95. The van der Waals surface area contributed by atoms with E-state index in [9.17, 15) is 4.79 Å². The molecule has 0 amide bonds. The number of carbonyl (C=O) groups is 1. The summed E-state index contributed by atoms with van der Waals surface area (Å²) in [5, 5.41) is 16.0. The Hall–Kier alpha value is -2.25. The Morgan fingerprint density at radius 1 is 1.24 bits per heavy atom. The van der Waals surface area contributed by atoms with Crippen LogP contribution in [-0.4, -0.2) is 36.0 Å². The van der Waals surface area contributed by atoms with Crippen LogP contribution in [0.25, 0.3) is 0 Å². The summed E-state index contributed by atoms with van der Waals surface area (Å²) in [5.74, 6) is 0.783. The molecule has 138 valence electrons. The lowest BCUT2D eigenvalue weighted by atomic mass is 10.1. The highest BCUT2D eigenvalue weighted by Crippen LogP contribution is 2.16. The highest BCUT2D eigenvalue weighted by Gasteiger charge is 2.17. The molecule has 0 saturated carbocycles. The largest absolute Gasteiger partial charge is 0.457 e. The van der Waals surface area contributed by atoms with Gasteiger partial charge in [-0.2, -0.15) is 5.10 Å². The third-order valence-electron chi connectivity index (χ3n) is 4.08. The molecule has 0 N–H and O–H groups in total. The molecule has 0 saturated heterocycles. The van der Waals surface area contributed by atoms with Crippen LogP contribution >= 0.6 is 0 Å². The van der Waals surface area contributed by atoms with Crippen molar-refractivity contribution in [1.82, 2.24) is 30.0 Å². The van der Waals surface area contributed by atoms with E-state index in [-0.39, 0.29) is 19.0 Å². The summed E-state index contributed by atoms with van der Waals surface area (Å²) in [4.78, 5) is 12.2. The Bertz CT molecular complexity index is 704. The summed E-state index contributed by atoms with van der Waals surface area (Å²) in [6.07, 6.45) is 2.25. The van der Waals surface area contributed by atoms with Crippen molar-refractivity contribution in [1.29, 1.82) is 0 Å². The first-order valence-corrected chi connectivity index (χ1v) is 8.85. The van der Waals surface area contributed by atoms with Gasteiger partial charge in [-0.25, -0.2) is 4.68 Å². The van der Waals surface area contributed by atoms with Gasteiger partial charge in [0.05, 0.1) is 12.1 Å². The fraction of sp³-hybridized carbons (Fsp3) is 0.706. The molecule has 0 fully saturated rings. The molecule has 0 aliphatic carbocycles. The second-order valence-electron chi connectivity index (χ2n) is 6.73. The molecule has 0 unspecified atom stereocenters. The maximum absolute atomic E-state index is 12.2. The van der Waals surface area contributed by atoms with E-state index in [0.29, 0.717) is 11.7 Å². The second kappa shape index (κ2) is 8.73. The van der Waals surface area contributed by atoms with Crippen LogP contribution in [0, 0.1) is 19.8 Å². The van der Waals surface area contributed by atoms with Gasteiger partial charge in [0.2, 0.25) is 0 Å². The zero-order chi connectivity index (χ0) is 18.4. The number of unbranched alkanes of at least 4 members (excludes halogenated alkanes) is 1. The third-order valence-corrected chi connectivity index (χ3v) is 4.08. The average Bonchev–Trinajstić information content (AvgIpc) is 3.10. The normalized spacial score (nSPS) is 11.3. The van der Waals surface area contributed by atoms with Crippen molar-refractivity contribution in [3.8, 4) is 0 Å². The lowest BCUT2D eigenvalue weighted by Gasteiger charge is -2.08. The maximum Gasteiger partial charge on any atom is 0.310 e. The second-order valence-corrected chi connectivity index (χ2v) is 6.73. The molecule has 8 nitrogen and oxygen atoms in total. The molecular formula is C17H28N6O2. The van der Waals surface area contributed by atoms with Crippen LogP contribution in [0.1, 0.15) is 56.4 Å². The average molecular weight is 348 g/mol. The molecule has 0 spiro atoms. The Kier molecular flexibility index (Phi) is 6.66. The van der Waals surface area contributed by atoms with Crippen molar-refractivity contribution in [2.45, 2.75) is 73.6 Å². The zero-order valence-corrected chi connectivity index (χ0v) is 15.8. The molecule has 8 heteroatoms. The van der Waals surface area contributed by atoms with Crippen molar-refractivity contribution in [3.63, 3.8) is 0 Å². The molecule has 25 heavy (non-hydrogen) atoms. The van der Waals surface area contributed by atoms with Crippen molar-refractivity contribution in [2.24, 2.45) is 5.92 Å². The van der Waals surface area contributed by atoms with Crippen LogP contribution < -0.4 is 0 Å². The number of aromatic nitrogens is 6. The van der Waals surface area contributed by atoms with Gasteiger partial charge < -0.3 is 4.74 Å². The van der Waals surface area contributed by atoms with E-state index in [1.807, 2.05) is 18.5 Å². The number of rotatable bonds is 9. The van der Waals surface area contributed by atoms with E-state index in [2.05, 4.69) is 41.4 Å². The van der Waals surface area contributed by atoms with E-state index < -0.39 is 0 Å². The van der Waals surface area contributed by atoms with Crippen molar-refractivity contribution >= 4 is 5.97 Å². The highest BCUT2D eigenvalue weighted by atomic mass is 16.5. The Morgan fingerprint density at radius 3 is 2.68 bits per heavy atom. The Labute approximate surface area is 148 Å². The summed E-state index contributed by atoms with van der Waals surface area (Å²) < 4.78 is 9.03. The van der Waals surface area contributed by atoms with Gasteiger partial charge in [0, 0.05) is 24.3 Å². The number of tetrazole rings is 1. The van der Waals surface area contributed by atoms with E-state index in [4.69, 9.17) is 4.74 Å². The van der Waals surface area contributed by atoms with Crippen molar-refractivity contribution in [3.05, 3.63) is 22.8 Å². The predicted octanol–water partition coefficient (Wildman–Crippen LogP) is 2.23. The SMILES string of the molecule is CCCCn1nnnc1COC(=O)Cc1c(C)nn(CC(C)C)c1C. The molecule has 0 atom stereocenters. The lowest BCUT2D eigenvalue weighted by molar-refractivity contribution is -0.144. The minimum absolute atomic E-state index is 0.0910. The molecule has 0 aliphatic heterocycles. The van der Waals surface area contributed by atoms with E-state index in [1.165, 1.54) is 0 Å². The summed E-state index contributed by atoms with van der Waals surface area (Å²) >= 11 is 0. The zero-order valence-electron chi connectivity index (χ0n) is 15.8. The van der Waals surface area contributed by atoms with Crippen LogP contribution in [-0.2, 0) is 35.6 Å². The third kappa shape index (κ3) is 5.11. The molecule has 2 aromatic heterocycles. The summed E-state index contributed by atoms with van der Waals surface area (Å²) in [5.41, 5.74) is 2.84. The van der Waals surface area contributed by atoms with Gasteiger partial charge in [-0.05, 0) is 36.6 Å². The number of hydrogen-bond acceptors (Lipinski definition) is 6. The topological polar surface area (TPSA) is 87.7 Å². The molecule has 2 heterocycles. The number of esters is 1. The monoisotopic (exact) mass is 348 g/mol. The van der Waals surface area contributed by atoms with Crippen molar-refractivity contribution in [2.75, 3.05) is 0 Å². The van der Waals surface area contributed by atoms with E-state index in [1.54, 1.807) is 4.68 Å². The molecule has 0 bridgehead atoms. The van der Waals surface area contributed by atoms with Crippen LogP contribution in [0.15, 0.2) is 0 Å². The Morgan fingerprint density at radius 2 is 2.00 bits per heavy atom. The number of ether oxygens (including phenoxy) is 1. The first-order valence-electron chi connectivity index (χ1n) is 8.85. The number of aryl methyl sites for hydroxylation is 2. The molecule has 0 aromatic carbocycles. The fourth-order valence-corrected chi connectivity index (χ4v) is 2.66.